The zero-order chi connectivity index (χ0) is 21.3. The minimum atomic E-state index is -1.52. The molecule has 150 valence electrons. The molecule has 4 aromatic rings. The molecule has 0 heterocycles. The summed E-state index contributed by atoms with van der Waals surface area (Å²) in [6.45, 7) is 0. The van der Waals surface area contributed by atoms with Gasteiger partial charge < -0.3 is 22.9 Å². The van der Waals surface area contributed by atoms with Crippen molar-refractivity contribution < 1.29 is 4.21 Å². The monoisotopic (exact) mass is 414 g/mol. The van der Waals surface area contributed by atoms with Crippen LogP contribution in [0.4, 0.5) is 22.7 Å². The summed E-state index contributed by atoms with van der Waals surface area (Å²) in [6.07, 6.45) is 0. The second kappa shape index (κ2) is 7.93. The normalized spacial score (nSPS) is 11.0. The van der Waals surface area contributed by atoms with E-state index in [0.29, 0.717) is 32.5 Å². The van der Waals surface area contributed by atoms with E-state index < -0.39 is 10.8 Å². The Morgan fingerprint density at radius 2 is 0.800 bits per heavy atom. The second-order valence-corrected chi connectivity index (χ2v) is 8.44. The molecule has 5 nitrogen and oxygen atoms in total. The molecule has 0 bridgehead atoms. The largest absolute Gasteiger partial charge is 0.399 e. The van der Waals surface area contributed by atoms with Gasteiger partial charge in [0.05, 0.1) is 20.6 Å². The molecule has 0 aromatic heterocycles. The SMILES string of the molecule is Nc1ccc(-c2ccc(N)cc2S(=O)c2cc(N)ccc2-c2ccc(N)cc2)cc1. The highest BCUT2D eigenvalue weighted by atomic mass is 32.2. The van der Waals surface area contributed by atoms with Crippen molar-refractivity contribution in [3.8, 4) is 22.3 Å². The van der Waals surface area contributed by atoms with Crippen LogP contribution in [0.15, 0.2) is 94.7 Å². The molecule has 30 heavy (non-hydrogen) atoms. The van der Waals surface area contributed by atoms with Gasteiger partial charge in [0.2, 0.25) is 0 Å². The number of hydrogen-bond acceptors (Lipinski definition) is 5. The van der Waals surface area contributed by atoms with Crippen molar-refractivity contribution in [3.63, 3.8) is 0 Å². The number of nitrogens with two attached hydrogens (primary N) is 4. The molecule has 0 radical (unpaired) electrons. The standard InChI is InChI=1S/C24H22N4OS/c25-17-5-1-15(2-6-17)21-11-9-19(27)13-23(21)30(29)24-14-20(28)10-12-22(24)16-3-7-18(26)8-4-16/h1-14H,25-28H2. The van der Waals surface area contributed by atoms with E-state index >= 15 is 0 Å². The minimum Gasteiger partial charge on any atom is -0.399 e. The summed E-state index contributed by atoms with van der Waals surface area (Å²) in [5, 5.41) is 0. The number of nitrogen functional groups attached to an aromatic ring is 4. The smallest absolute Gasteiger partial charge is 0.0863 e. The molecule has 8 N–H and O–H groups in total. The molecule has 6 heteroatoms. The van der Waals surface area contributed by atoms with Crippen molar-refractivity contribution in [3.05, 3.63) is 84.9 Å². The van der Waals surface area contributed by atoms with Crippen LogP contribution in [0.2, 0.25) is 0 Å². The molecule has 0 aliphatic rings. The van der Waals surface area contributed by atoms with E-state index in [4.69, 9.17) is 22.9 Å². The van der Waals surface area contributed by atoms with E-state index in [1.807, 2.05) is 60.7 Å². The number of hydrogen-bond donors (Lipinski definition) is 4. The van der Waals surface area contributed by atoms with Crippen LogP contribution < -0.4 is 22.9 Å². The Balaban J connectivity index is 1.88. The van der Waals surface area contributed by atoms with Gasteiger partial charge >= 0.3 is 0 Å². The topological polar surface area (TPSA) is 121 Å². The Morgan fingerprint density at radius 3 is 1.17 bits per heavy atom. The minimum absolute atomic E-state index is 0.537. The molecule has 4 aromatic carbocycles. The van der Waals surface area contributed by atoms with Gasteiger partial charge in [0, 0.05) is 22.7 Å². The van der Waals surface area contributed by atoms with Crippen molar-refractivity contribution in [2.24, 2.45) is 0 Å². The first-order chi connectivity index (χ1) is 14.4. The lowest BCUT2D eigenvalue weighted by Crippen LogP contribution is -2.01. The molecule has 0 atom stereocenters. The van der Waals surface area contributed by atoms with Crippen molar-refractivity contribution >= 4 is 33.5 Å². The zero-order valence-electron chi connectivity index (χ0n) is 16.2. The van der Waals surface area contributed by atoms with Gasteiger partial charge in [-0.25, -0.2) is 4.21 Å². The maximum atomic E-state index is 13.8. The van der Waals surface area contributed by atoms with Gasteiger partial charge in [0.25, 0.3) is 0 Å². The number of anilines is 4. The van der Waals surface area contributed by atoms with Gasteiger partial charge in [-0.1, -0.05) is 36.4 Å². The van der Waals surface area contributed by atoms with E-state index in [1.54, 1.807) is 24.3 Å². The average Bonchev–Trinajstić information content (AvgIpc) is 2.74. The van der Waals surface area contributed by atoms with Gasteiger partial charge in [0.15, 0.2) is 0 Å². The maximum absolute atomic E-state index is 13.8. The Labute approximate surface area is 177 Å². The van der Waals surface area contributed by atoms with Crippen LogP contribution in [0.5, 0.6) is 0 Å². The summed E-state index contributed by atoms with van der Waals surface area (Å²) >= 11 is 0. The molecule has 0 fully saturated rings. The fourth-order valence-electron chi connectivity index (χ4n) is 3.31. The summed E-state index contributed by atoms with van der Waals surface area (Å²) < 4.78 is 13.8. The van der Waals surface area contributed by atoms with Crippen LogP contribution in [0.3, 0.4) is 0 Å². The Bertz CT molecular complexity index is 1140. The van der Waals surface area contributed by atoms with Crippen LogP contribution in [0.25, 0.3) is 22.3 Å². The predicted octanol–water partition coefficient (Wildman–Crippen LogP) is 4.52. The van der Waals surface area contributed by atoms with Crippen LogP contribution in [-0.2, 0) is 10.8 Å². The highest BCUT2D eigenvalue weighted by Crippen LogP contribution is 2.36. The van der Waals surface area contributed by atoms with Crippen molar-refractivity contribution in [1.29, 1.82) is 0 Å². The number of rotatable bonds is 4. The van der Waals surface area contributed by atoms with Crippen LogP contribution in [-0.4, -0.2) is 4.21 Å². The van der Waals surface area contributed by atoms with Gasteiger partial charge in [-0.2, -0.15) is 0 Å². The lowest BCUT2D eigenvalue weighted by atomic mass is 10.0. The first kappa shape index (κ1) is 19.5. The van der Waals surface area contributed by atoms with Crippen molar-refractivity contribution in [2.75, 3.05) is 22.9 Å². The maximum Gasteiger partial charge on any atom is 0.0863 e. The van der Waals surface area contributed by atoms with Crippen molar-refractivity contribution in [1.82, 2.24) is 0 Å². The fraction of sp³-hybridized carbons (Fsp3) is 0. The molecular weight excluding hydrogens is 392 g/mol. The van der Waals surface area contributed by atoms with E-state index in [2.05, 4.69) is 0 Å². The zero-order valence-corrected chi connectivity index (χ0v) is 17.0. The van der Waals surface area contributed by atoms with E-state index in [-0.39, 0.29) is 0 Å². The third kappa shape index (κ3) is 3.86. The van der Waals surface area contributed by atoms with E-state index in [1.165, 1.54) is 0 Å². The third-order valence-electron chi connectivity index (χ3n) is 4.85. The summed E-state index contributed by atoms with van der Waals surface area (Å²) in [5.74, 6) is 0. The van der Waals surface area contributed by atoms with Crippen LogP contribution in [0, 0.1) is 0 Å². The van der Waals surface area contributed by atoms with Gasteiger partial charge in [0.1, 0.15) is 0 Å². The first-order valence-electron chi connectivity index (χ1n) is 9.35. The summed E-state index contributed by atoms with van der Waals surface area (Å²) in [7, 11) is -1.52. The summed E-state index contributed by atoms with van der Waals surface area (Å²) in [6, 6.07) is 25.7. The van der Waals surface area contributed by atoms with Crippen LogP contribution >= 0.6 is 0 Å². The second-order valence-electron chi connectivity index (χ2n) is 7.02. The first-order valence-corrected chi connectivity index (χ1v) is 10.5. The van der Waals surface area contributed by atoms with Gasteiger partial charge in [-0.15, -0.1) is 0 Å². The van der Waals surface area contributed by atoms with Gasteiger partial charge in [-0.3, -0.25) is 0 Å². The summed E-state index contributed by atoms with van der Waals surface area (Å²) in [5.41, 5.74) is 29.6. The van der Waals surface area contributed by atoms with Crippen molar-refractivity contribution in [2.45, 2.75) is 9.79 Å². The number of benzene rings is 4. The molecule has 0 saturated heterocycles. The Hall–Kier alpha value is -3.77. The highest BCUT2D eigenvalue weighted by Gasteiger charge is 2.18. The molecule has 0 aliphatic carbocycles. The Kier molecular flexibility index (Phi) is 5.16. The molecule has 0 unspecified atom stereocenters. The van der Waals surface area contributed by atoms with Gasteiger partial charge in [-0.05, 0) is 70.8 Å². The molecule has 0 spiro atoms. The third-order valence-corrected chi connectivity index (χ3v) is 6.33. The van der Waals surface area contributed by atoms with E-state index in [9.17, 15) is 4.21 Å². The molecule has 0 aliphatic heterocycles. The molecular formula is C24H22N4OS. The lowest BCUT2D eigenvalue weighted by molar-refractivity contribution is 0.683. The predicted molar refractivity (Wildman–Crippen MR) is 126 cm³/mol. The molecule has 0 amide bonds. The van der Waals surface area contributed by atoms with Crippen LogP contribution in [0.1, 0.15) is 0 Å². The fourth-order valence-corrected chi connectivity index (χ4v) is 4.80. The average molecular weight is 415 g/mol. The molecule has 0 saturated carbocycles. The van der Waals surface area contributed by atoms with E-state index in [0.717, 1.165) is 22.3 Å². The molecule has 4 rings (SSSR count). The highest BCUT2D eigenvalue weighted by molar-refractivity contribution is 7.85. The Morgan fingerprint density at radius 1 is 0.467 bits per heavy atom. The quantitative estimate of drug-likeness (QED) is 0.366. The summed E-state index contributed by atoms with van der Waals surface area (Å²) in [4.78, 5) is 1.23. The lowest BCUT2D eigenvalue weighted by Gasteiger charge is -2.15.